The predicted molar refractivity (Wildman–Crippen MR) is 83.8 cm³/mol. The van der Waals surface area contributed by atoms with Gasteiger partial charge in [-0.2, -0.15) is 0 Å². The van der Waals surface area contributed by atoms with Gasteiger partial charge in [-0.15, -0.1) is 23.1 Å². The van der Waals surface area contributed by atoms with Crippen molar-refractivity contribution >= 4 is 44.9 Å². The molecule has 0 saturated carbocycles. The molecule has 0 fully saturated rings. The van der Waals surface area contributed by atoms with Crippen molar-refractivity contribution in [1.82, 2.24) is 0 Å². The van der Waals surface area contributed by atoms with Crippen LogP contribution in [0.4, 0.5) is 0 Å². The standard InChI is InChI=1S/C14H13NO4S2/c1-18-8-2-3-11-9(6-8)13-14(21-11)10(4-5-20-13)15-19-7-12(16)17/h2-3,6H,4-5,7H2,1H3,(H,16,17). The lowest BCUT2D eigenvalue weighted by Gasteiger charge is -2.12. The van der Waals surface area contributed by atoms with Crippen molar-refractivity contribution in [3.8, 4) is 5.75 Å². The zero-order valence-electron chi connectivity index (χ0n) is 11.3. The van der Waals surface area contributed by atoms with Crippen molar-refractivity contribution in [3.63, 3.8) is 0 Å². The lowest BCUT2D eigenvalue weighted by molar-refractivity contribution is -0.142. The Hall–Kier alpha value is -1.73. The quantitative estimate of drug-likeness (QED) is 0.875. The summed E-state index contributed by atoms with van der Waals surface area (Å²) in [6, 6.07) is 6.00. The van der Waals surface area contributed by atoms with Crippen molar-refractivity contribution < 1.29 is 19.5 Å². The number of oxime groups is 1. The summed E-state index contributed by atoms with van der Waals surface area (Å²) in [6.07, 6.45) is 0.779. The molecule has 1 N–H and O–H groups in total. The molecular formula is C14H13NO4S2. The highest BCUT2D eigenvalue weighted by Gasteiger charge is 2.22. The maximum atomic E-state index is 10.5. The number of hydrogen-bond acceptors (Lipinski definition) is 6. The topological polar surface area (TPSA) is 68.1 Å². The van der Waals surface area contributed by atoms with Gasteiger partial charge in [0.05, 0.1) is 17.7 Å². The number of carbonyl (C=O) groups is 1. The molecule has 0 aliphatic carbocycles. The maximum absolute atomic E-state index is 10.5. The molecule has 7 heteroatoms. The van der Waals surface area contributed by atoms with Crippen LogP contribution < -0.4 is 4.74 Å². The van der Waals surface area contributed by atoms with E-state index in [1.54, 1.807) is 30.2 Å². The molecule has 0 bridgehead atoms. The van der Waals surface area contributed by atoms with Gasteiger partial charge in [-0.25, -0.2) is 4.79 Å². The first-order chi connectivity index (χ1) is 10.2. The largest absolute Gasteiger partial charge is 0.497 e. The summed E-state index contributed by atoms with van der Waals surface area (Å²) < 4.78 is 6.44. The second kappa shape index (κ2) is 5.95. The molecule has 1 aliphatic rings. The van der Waals surface area contributed by atoms with E-state index in [2.05, 4.69) is 5.16 Å². The fraction of sp³-hybridized carbons (Fsp3) is 0.286. The Bertz CT molecular complexity index is 723. The third kappa shape index (κ3) is 2.84. The number of rotatable bonds is 4. The van der Waals surface area contributed by atoms with Crippen LogP contribution in [-0.4, -0.2) is 36.3 Å². The van der Waals surface area contributed by atoms with Crippen molar-refractivity contribution in [2.75, 3.05) is 19.5 Å². The van der Waals surface area contributed by atoms with Gasteiger partial charge < -0.3 is 14.7 Å². The second-order valence-corrected chi connectivity index (χ2v) is 6.58. The van der Waals surface area contributed by atoms with Crippen molar-refractivity contribution in [2.24, 2.45) is 5.16 Å². The first kappa shape index (κ1) is 14.2. The number of thiophene rings is 1. The van der Waals surface area contributed by atoms with E-state index in [4.69, 9.17) is 14.7 Å². The molecule has 0 spiro atoms. The molecule has 1 aromatic heterocycles. The minimum absolute atomic E-state index is 0.412. The zero-order valence-corrected chi connectivity index (χ0v) is 12.9. The van der Waals surface area contributed by atoms with Crippen molar-refractivity contribution in [2.45, 2.75) is 11.3 Å². The summed E-state index contributed by atoms with van der Waals surface area (Å²) in [7, 11) is 1.65. The molecule has 0 unspecified atom stereocenters. The van der Waals surface area contributed by atoms with Crippen molar-refractivity contribution in [1.29, 1.82) is 0 Å². The Morgan fingerprint density at radius 1 is 1.48 bits per heavy atom. The zero-order chi connectivity index (χ0) is 14.8. The lowest BCUT2D eigenvalue weighted by Crippen LogP contribution is -2.10. The maximum Gasteiger partial charge on any atom is 0.344 e. The molecule has 0 saturated heterocycles. The molecule has 0 amide bonds. The summed E-state index contributed by atoms with van der Waals surface area (Å²) in [5.74, 6) is 0.714. The highest BCUT2D eigenvalue weighted by Crippen LogP contribution is 2.43. The third-order valence-electron chi connectivity index (χ3n) is 3.06. The van der Waals surface area contributed by atoms with Gasteiger partial charge in [-0.1, -0.05) is 5.16 Å². The molecule has 1 aliphatic heterocycles. The molecule has 5 nitrogen and oxygen atoms in total. The van der Waals surface area contributed by atoms with Gasteiger partial charge in [0.15, 0.2) is 0 Å². The molecule has 1 aromatic carbocycles. The van der Waals surface area contributed by atoms with Crippen LogP contribution in [0.1, 0.15) is 11.3 Å². The molecule has 0 atom stereocenters. The minimum Gasteiger partial charge on any atom is -0.497 e. The van der Waals surface area contributed by atoms with E-state index >= 15 is 0 Å². The predicted octanol–water partition coefficient (Wildman–Crippen LogP) is 3.21. The van der Waals surface area contributed by atoms with Gasteiger partial charge in [0.2, 0.25) is 6.61 Å². The normalized spacial score (nSPS) is 16.0. The van der Waals surface area contributed by atoms with E-state index in [1.165, 1.54) is 9.60 Å². The first-order valence-electron chi connectivity index (χ1n) is 6.33. The van der Waals surface area contributed by atoms with E-state index in [9.17, 15) is 4.79 Å². The Balaban J connectivity index is 1.99. The van der Waals surface area contributed by atoms with Gasteiger partial charge in [0, 0.05) is 27.2 Å². The highest BCUT2D eigenvalue weighted by molar-refractivity contribution is 7.99. The number of aliphatic carboxylic acids is 1. The molecule has 110 valence electrons. The third-order valence-corrected chi connectivity index (χ3v) is 5.53. The minimum atomic E-state index is -1.02. The molecule has 21 heavy (non-hydrogen) atoms. The van der Waals surface area contributed by atoms with Crippen LogP contribution >= 0.6 is 23.1 Å². The van der Waals surface area contributed by atoms with Gasteiger partial charge in [0.1, 0.15) is 5.75 Å². The number of hydrogen-bond donors (Lipinski definition) is 1. The average molecular weight is 323 g/mol. The number of fused-ring (bicyclic) bond motifs is 3. The fourth-order valence-corrected chi connectivity index (χ4v) is 4.66. The van der Waals surface area contributed by atoms with Crippen LogP contribution in [0.5, 0.6) is 5.75 Å². The molecule has 2 heterocycles. The molecule has 3 rings (SSSR count). The lowest BCUT2D eigenvalue weighted by atomic mass is 10.2. The van der Waals surface area contributed by atoms with E-state index in [-0.39, 0.29) is 0 Å². The molecule has 0 radical (unpaired) electrons. The smallest absolute Gasteiger partial charge is 0.344 e. The summed E-state index contributed by atoms with van der Waals surface area (Å²) in [5, 5.41) is 13.8. The Labute approximate surface area is 129 Å². The Morgan fingerprint density at radius 3 is 3.10 bits per heavy atom. The number of carboxylic acids is 1. The van der Waals surface area contributed by atoms with Gasteiger partial charge >= 0.3 is 5.97 Å². The summed E-state index contributed by atoms with van der Waals surface area (Å²) in [4.78, 5) is 17.6. The van der Waals surface area contributed by atoms with Crippen LogP contribution in [0.15, 0.2) is 28.3 Å². The Kier molecular flexibility index (Phi) is 4.03. The van der Waals surface area contributed by atoms with Crippen LogP contribution in [0.2, 0.25) is 0 Å². The van der Waals surface area contributed by atoms with Crippen LogP contribution in [-0.2, 0) is 9.63 Å². The van der Waals surface area contributed by atoms with E-state index < -0.39 is 12.6 Å². The monoisotopic (exact) mass is 323 g/mol. The summed E-state index contributed by atoms with van der Waals surface area (Å²) >= 11 is 3.44. The number of nitrogens with zero attached hydrogens (tertiary/aromatic N) is 1. The van der Waals surface area contributed by atoms with Gasteiger partial charge in [0.25, 0.3) is 0 Å². The molecule has 2 aromatic rings. The number of thioether (sulfide) groups is 1. The number of methoxy groups -OCH3 is 1. The molecular weight excluding hydrogens is 310 g/mol. The van der Waals surface area contributed by atoms with E-state index in [1.807, 2.05) is 18.2 Å². The van der Waals surface area contributed by atoms with Crippen LogP contribution in [0.3, 0.4) is 0 Å². The Morgan fingerprint density at radius 2 is 2.33 bits per heavy atom. The van der Waals surface area contributed by atoms with Gasteiger partial charge in [-0.05, 0) is 18.2 Å². The number of carboxylic acid groups (broad SMARTS) is 1. The van der Waals surface area contributed by atoms with E-state index in [0.29, 0.717) is 0 Å². The van der Waals surface area contributed by atoms with E-state index in [0.717, 1.165) is 33.9 Å². The number of benzene rings is 1. The van der Waals surface area contributed by atoms with Crippen LogP contribution in [0.25, 0.3) is 10.1 Å². The van der Waals surface area contributed by atoms with Crippen molar-refractivity contribution in [3.05, 3.63) is 23.1 Å². The van der Waals surface area contributed by atoms with Gasteiger partial charge in [-0.3, -0.25) is 0 Å². The summed E-state index contributed by atoms with van der Waals surface area (Å²) in [5.41, 5.74) is 0.824. The number of ether oxygens (including phenoxy) is 1. The van der Waals surface area contributed by atoms with Crippen LogP contribution in [0, 0.1) is 0 Å². The average Bonchev–Trinajstić information content (AvgIpc) is 2.85. The second-order valence-electron chi connectivity index (χ2n) is 4.43. The SMILES string of the molecule is COc1ccc2sc3c(c2c1)SCCC3=NOCC(=O)O. The fourth-order valence-electron chi connectivity index (χ4n) is 2.13. The first-order valence-corrected chi connectivity index (χ1v) is 8.13. The highest BCUT2D eigenvalue weighted by atomic mass is 32.2. The summed E-state index contributed by atoms with van der Waals surface area (Å²) in [6.45, 7) is -0.412.